The number of thiocarbonyl (C=S) groups is 1. The molecule has 0 amide bonds. The highest BCUT2D eigenvalue weighted by Crippen LogP contribution is 2.51. The summed E-state index contributed by atoms with van der Waals surface area (Å²) in [5.74, 6) is 2.95. The van der Waals surface area contributed by atoms with E-state index in [1.165, 1.54) is 25.7 Å². The van der Waals surface area contributed by atoms with Gasteiger partial charge in [0.25, 0.3) is 0 Å². The topological polar surface area (TPSA) is 12.4 Å². The summed E-state index contributed by atoms with van der Waals surface area (Å²) in [6.45, 7) is 9.30. The van der Waals surface area contributed by atoms with Crippen molar-refractivity contribution >= 4 is 17.4 Å². The molecule has 0 spiro atoms. The van der Waals surface area contributed by atoms with Gasteiger partial charge in [-0.1, -0.05) is 25.5 Å². The van der Waals surface area contributed by atoms with Gasteiger partial charge in [0.2, 0.25) is 0 Å². The summed E-state index contributed by atoms with van der Waals surface area (Å²) < 4.78 is 0. The van der Waals surface area contributed by atoms with Crippen LogP contribution in [0.4, 0.5) is 0 Å². The number of aliphatic imine (C=N–C) groups is 1. The van der Waals surface area contributed by atoms with Gasteiger partial charge >= 0.3 is 0 Å². The van der Waals surface area contributed by atoms with E-state index in [0.717, 1.165) is 11.8 Å². The van der Waals surface area contributed by atoms with Crippen LogP contribution in [0.5, 0.6) is 0 Å². The highest BCUT2D eigenvalue weighted by atomic mass is 32.1. The number of hydrogen-bond donors (Lipinski definition) is 0. The lowest BCUT2D eigenvalue weighted by atomic mass is 9.57. The highest BCUT2D eigenvalue weighted by Gasteiger charge is 2.47. The Labute approximate surface area is 117 Å². The van der Waals surface area contributed by atoms with Crippen LogP contribution in [0, 0.1) is 23.7 Å². The molecule has 0 radical (unpaired) electrons. The molecule has 2 aliphatic carbocycles. The van der Waals surface area contributed by atoms with Crippen LogP contribution in [0.15, 0.2) is 16.6 Å². The molecular formula is C16H25NS. The number of isothiocyanates is 1. The molecule has 0 heterocycles. The van der Waals surface area contributed by atoms with E-state index in [1.54, 1.807) is 5.57 Å². The van der Waals surface area contributed by atoms with Gasteiger partial charge in [0.05, 0.1) is 10.7 Å². The maximum atomic E-state index is 4.87. The van der Waals surface area contributed by atoms with Crippen molar-refractivity contribution in [1.82, 2.24) is 0 Å². The molecule has 0 aliphatic heterocycles. The van der Waals surface area contributed by atoms with Crippen molar-refractivity contribution in [2.24, 2.45) is 28.7 Å². The second-order valence-corrected chi connectivity index (χ2v) is 6.92. The van der Waals surface area contributed by atoms with Crippen molar-refractivity contribution < 1.29 is 0 Å². The molecule has 18 heavy (non-hydrogen) atoms. The molecule has 100 valence electrons. The number of allylic oxidation sites excluding steroid dienone is 2. The van der Waals surface area contributed by atoms with Gasteiger partial charge in [-0.25, -0.2) is 4.99 Å². The lowest BCUT2D eigenvalue weighted by Gasteiger charge is -2.49. The van der Waals surface area contributed by atoms with E-state index in [1.807, 2.05) is 0 Å². The third-order valence-electron chi connectivity index (χ3n) is 5.23. The molecule has 2 rings (SSSR count). The van der Waals surface area contributed by atoms with E-state index in [9.17, 15) is 0 Å². The van der Waals surface area contributed by atoms with Crippen LogP contribution in [0.2, 0.25) is 0 Å². The minimum atomic E-state index is 0.0367. The van der Waals surface area contributed by atoms with E-state index >= 15 is 0 Å². The molecular weight excluding hydrogens is 238 g/mol. The van der Waals surface area contributed by atoms with Crippen molar-refractivity contribution in [3.05, 3.63) is 11.6 Å². The van der Waals surface area contributed by atoms with Crippen LogP contribution in [0.3, 0.4) is 0 Å². The van der Waals surface area contributed by atoms with E-state index in [4.69, 9.17) is 12.2 Å². The Hall–Kier alpha value is -0.460. The van der Waals surface area contributed by atoms with Crippen LogP contribution < -0.4 is 0 Å². The summed E-state index contributed by atoms with van der Waals surface area (Å²) in [5, 5.41) is 2.65. The first-order valence-electron chi connectivity index (χ1n) is 7.24. The number of nitrogens with zero attached hydrogens (tertiary/aromatic N) is 1. The third kappa shape index (κ3) is 2.46. The zero-order valence-electron chi connectivity index (χ0n) is 12.1. The molecule has 2 aliphatic rings. The predicted octanol–water partition coefficient (Wildman–Crippen LogP) is 4.89. The van der Waals surface area contributed by atoms with E-state index in [-0.39, 0.29) is 5.54 Å². The van der Waals surface area contributed by atoms with Crippen LogP contribution in [-0.4, -0.2) is 10.7 Å². The summed E-state index contributed by atoms with van der Waals surface area (Å²) in [4.78, 5) is 4.55. The summed E-state index contributed by atoms with van der Waals surface area (Å²) in [7, 11) is 0. The van der Waals surface area contributed by atoms with Crippen molar-refractivity contribution in [2.45, 2.75) is 58.9 Å². The first kappa shape index (κ1) is 14.0. The Balaban J connectivity index is 2.34. The molecule has 1 saturated carbocycles. The molecule has 0 aromatic heterocycles. The Bertz CT molecular complexity index is 392. The lowest BCUT2D eigenvalue weighted by Crippen LogP contribution is -2.47. The van der Waals surface area contributed by atoms with Crippen molar-refractivity contribution in [3.8, 4) is 0 Å². The zero-order valence-corrected chi connectivity index (χ0v) is 12.9. The average Bonchev–Trinajstić information content (AvgIpc) is 2.28. The Kier molecular flexibility index (Phi) is 4.08. The molecule has 0 N–H and O–H groups in total. The minimum absolute atomic E-state index is 0.0367. The summed E-state index contributed by atoms with van der Waals surface area (Å²) >= 11 is 4.87. The maximum Gasteiger partial charge on any atom is 0.0716 e. The first-order valence-corrected chi connectivity index (χ1v) is 7.65. The molecule has 0 aromatic carbocycles. The van der Waals surface area contributed by atoms with Gasteiger partial charge in [-0.05, 0) is 75.4 Å². The van der Waals surface area contributed by atoms with Gasteiger partial charge in [-0.15, -0.1) is 0 Å². The second kappa shape index (κ2) is 5.27. The van der Waals surface area contributed by atoms with Gasteiger partial charge in [-0.3, -0.25) is 0 Å². The summed E-state index contributed by atoms with van der Waals surface area (Å²) in [5.41, 5.74) is 1.60. The van der Waals surface area contributed by atoms with E-state index in [0.29, 0.717) is 11.8 Å². The predicted molar refractivity (Wildman–Crippen MR) is 81.0 cm³/mol. The quantitative estimate of drug-likeness (QED) is 0.393. The molecule has 0 unspecified atom stereocenters. The molecule has 1 fully saturated rings. The van der Waals surface area contributed by atoms with Gasteiger partial charge in [-0.2, -0.15) is 0 Å². The van der Waals surface area contributed by atoms with Crippen LogP contribution in [-0.2, 0) is 0 Å². The fraction of sp³-hybridized carbons (Fsp3) is 0.812. The molecule has 4 atom stereocenters. The molecule has 0 saturated heterocycles. The van der Waals surface area contributed by atoms with Crippen molar-refractivity contribution in [1.29, 1.82) is 0 Å². The van der Waals surface area contributed by atoms with Gasteiger partial charge in [0.15, 0.2) is 0 Å². The van der Waals surface area contributed by atoms with Gasteiger partial charge in [0.1, 0.15) is 0 Å². The largest absolute Gasteiger partial charge is 0.226 e. The molecule has 1 nitrogen and oxygen atoms in total. The van der Waals surface area contributed by atoms with Gasteiger partial charge in [0, 0.05) is 0 Å². The van der Waals surface area contributed by atoms with Crippen molar-refractivity contribution in [3.63, 3.8) is 0 Å². The minimum Gasteiger partial charge on any atom is -0.226 e. The third-order valence-corrected chi connectivity index (χ3v) is 5.32. The SMILES string of the molecule is CC1=C[C@H]2[C@@H](CC1)[C@](C)(N=C=S)CC[C@H]2C(C)C. The molecule has 0 aromatic rings. The maximum absolute atomic E-state index is 4.87. The zero-order chi connectivity index (χ0) is 13.3. The number of fused-ring (bicyclic) bond motifs is 1. The normalized spacial score (nSPS) is 39.8. The van der Waals surface area contributed by atoms with Crippen LogP contribution in [0.1, 0.15) is 53.4 Å². The van der Waals surface area contributed by atoms with Crippen LogP contribution in [0.25, 0.3) is 0 Å². The summed E-state index contributed by atoms with van der Waals surface area (Å²) in [6.07, 6.45) is 7.49. The van der Waals surface area contributed by atoms with E-state index < -0.39 is 0 Å². The summed E-state index contributed by atoms with van der Waals surface area (Å²) in [6, 6.07) is 0. The van der Waals surface area contributed by atoms with E-state index in [2.05, 4.69) is 43.9 Å². The average molecular weight is 263 g/mol. The molecule has 0 bridgehead atoms. The fourth-order valence-electron chi connectivity index (χ4n) is 4.11. The Morgan fingerprint density at radius 3 is 2.78 bits per heavy atom. The van der Waals surface area contributed by atoms with Gasteiger partial charge < -0.3 is 0 Å². The first-order chi connectivity index (χ1) is 8.48. The molecule has 2 heteroatoms. The number of rotatable bonds is 2. The van der Waals surface area contributed by atoms with Crippen LogP contribution >= 0.6 is 12.2 Å². The van der Waals surface area contributed by atoms with Crippen molar-refractivity contribution in [2.75, 3.05) is 0 Å². The number of hydrogen-bond acceptors (Lipinski definition) is 2. The lowest BCUT2D eigenvalue weighted by molar-refractivity contribution is 0.0685. The second-order valence-electron chi connectivity index (χ2n) is 6.74. The fourth-order valence-corrected chi connectivity index (χ4v) is 4.32. The monoisotopic (exact) mass is 263 g/mol. The highest BCUT2D eigenvalue weighted by molar-refractivity contribution is 7.78. The standard InChI is InChI=1S/C16H25NS/c1-11(2)13-7-8-16(4,17-10-18)15-6-5-12(3)9-14(13)15/h9,11,13-15H,5-8H2,1-4H3/t13-,14+,15+,16+/m0/s1. The Morgan fingerprint density at radius 2 is 2.17 bits per heavy atom. The smallest absolute Gasteiger partial charge is 0.0716 e. The Morgan fingerprint density at radius 1 is 1.44 bits per heavy atom.